The number of piperidine rings is 1. The van der Waals surface area contributed by atoms with Crippen molar-refractivity contribution in [2.45, 2.75) is 31.5 Å². The lowest BCUT2D eigenvalue weighted by Gasteiger charge is -2.23. The molecule has 0 bridgehead atoms. The number of rotatable bonds is 4. The van der Waals surface area contributed by atoms with Crippen LogP contribution in [0.4, 0.5) is 18.9 Å². The topological polar surface area (TPSA) is 77.3 Å². The molecule has 1 fully saturated rings. The third kappa shape index (κ3) is 4.03. The average molecular weight is 305 g/mol. The monoisotopic (exact) mass is 305 g/mol. The molecule has 0 aromatic carbocycles. The molecule has 0 saturated carbocycles. The fourth-order valence-electron chi connectivity index (χ4n) is 2.09. The summed E-state index contributed by atoms with van der Waals surface area (Å²) in [5.41, 5.74) is -1.78. The van der Waals surface area contributed by atoms with Gasteiger partial charge in [-0.05, 0) is 19.4 Å². The second-order valence-electron chi connectivity index (χ2n) is 4.75. The number of nitro groups is 1. The predicted octanol–water partition coefficient (Wildman–Crippen LogP) is 2.53. The molecule has 2 rings (SSSR count). The Kier molecular flexibility index (Phi) is 4.61. The van der Waals surface area contributed by atoms with Gasteiger partial charge in [0.15, 0.2) is 0 Å². The van der Waals surface area contributed by atoms with E-state index < -0.39 is 28.2 Å². The first-order valence-electron chi connectivity index (χ1n) is 6.46. The Bertz CT molecular complexity index is 516. The average Bonchev–Trinajstić information content (AvgIpc) is 2.45. The van der Waals surface area contributed by atoms with Gasteiger partial charge in [0, 0.05) is 12.1 Å². The van der Waals surface area contributed by atoms with Gasteiger partial charge in [0.25, 0.3) is 0 Å². The fraction of sp³-hybridized carbons (Fsp3) is 0.583. The molecule has 0 aliphatic carbocycles. The molecule has 21 heavy (non-hydrogen) atoms. The molecule has 1 aromatic heterocycles. The van der Waals surface area contributed by atoms with Crippen LogP contribution in [0, 0.1) is 10.1 Å². The first kappa shape index (κ1) is 15.5. The molecule has 0 amide bonds. The second-order valence-corrected chi connectivity index (χ2v) is 4.75. The van der Waals surface area contributed by atoms with E-state index in [2.05, 4.69) is 10.3 Å². The molecule has 1 aromatic rings. The number of nitrogens with one attached hydrogen (secondary N) is 1. The smallest absolute Gasteiger partial charge is 0.433 e. The van der Waals surface area contributed by atoms with Gasteiger partial charge in [-0.25, -0.2) is 4.98 Å². The van der Waals surface area contributed by atoms with Crippen molar-refractivity contribution in [3.8, 4) is 5.75 Å². The van der Waals surface area contributed by atoms with E-state index in [1.165, 1.54) is 0 Å². The number of alkyl halides is 3. The number of hydrogen-bond acceptors (Lipinski definition) is 5. The maximum atomic E-state index is 12.6. The minimum atomic E-state index is -4.67. The molecule has 1 aliphatic heterocycles. The largest absolute Gasteiger partial charge is 0.485 e. The minimum Gasteiger partial charge on any atom is -0.485 e. The van der Waals surface area contributed by atoms with Crippen LogP contribution in [-0.2, 0) is 6.18 Å². The molecule has 1 aliphatic rings. The number of aromatic nitrogens is 1. The number of ether oxygens (including phenoxy) is 1. The van der Waals surface area contributed by atoms with E-state index in [0.29, 0.717) is 12.3 Å². The van der Waals surface area contributed by atoms with Crippen LogP contribution in [0.3, 0.4) is 0 Å². The van der Waals surface area contributed by atoms with Crippen LogP contribution >= 0.6 is 0 Å². The zero-order valence-electron chi connectivity index (χ0n) is 11.0. The quantitative estimate of drug-likeness (QED) is 0.683. The first-order chi connectivity index (χ1) is 9.88. The van der Waals surface area contributed by atoms with E-state index >= 15 is 0 Å². The highest BCUT2D eigenvalue weighted by Gasteiger charge is 2.35. The molecule has 1 N–H and O–H groups in total. The van der Waals surface area contributed by atoms with Crippen LogP contribution in [0.25, 0.3) is 0 Å². The summed E-state index contributed by atoms with van der Waals surface area (Å²) in [7, 11) is 0. The fourth-order valence-corrected chi connectivity index (χ4v) is 2.09. The van der Waals surface area contributed by atoms with Crippen molar-refractivity contribution < 1.29 is 22.8 Å². The molecule has 2 heterocycles. The van der Waals surface area contributed by atoms with E-state index in [4.69, 9.17) is 4.74 Å². The zero-order chi connectivity index (χ0) is 15.5. The van der Waals surface area contributed by atoms with Gasteiger partial charge in [-0.2, -0.15) is 13.2 Å². The van der Waals surface area contributed by atoms with Crippen molar-refractivity contribution >= 4 is 5.69 Å². The third-order valence-electron chi connectivity index (χ3n) is 3.19. The Morgan fingerprint density at radius 2 is 2.24 bits per heavy atom. The molecule has 116 valence electrons. The van der Waals surface area contributed by atoms with E-state index in [1.54, 1.807) is 0 Å². The van der Waals surface area contributed by atoms with E-state index in [0.717, 1.165) is 25.8 Å². The van der Waals surface area contributed by atoms with Crippen LogP contribution < -0.4 is 10.1 Å². The molecule has 1 saturated heterocycles. The summed E-state index contributed by atoms with van der Waals surface area (Å²) in [4.78, 5) is 13.1. The molecular weight excluding hydrogens is 291 g/mol. The molecule has 1 unspecified atom stereocenters. The standard InChI is InChI=1S/C12H14F3N3O3/c13-12(14,15)11-5-10(9(6-17-11)18(19)20)21-7-8-3-1-2-4-16-8/h5-6,8,16H,1-4,7H2. The Hall–Kier alpha value is -1.90. The maximum Gasteiger partial charge on any atom is 0.433 e. The SMILES string of the molecule is O=[N+]([O-])c1cnc(C(F)(F)F)cc1OCC1CCCCN1. The lowest BCUT2D eigenvalue weighted by molar-refractivity contribution is -0.386. The summed E-state index contributed by atoms with van der Waals surface area (Å²) < 4.78 is 43.0. The van der Waals surface area contributed by atoms with Crippen molar-refractivity contribution in [3.63, 3.8) is 0 Å². The lowest BCUT2D eigenvalue weighted by Crippen LogP contribution is -2.38. The highest BCUT2D eigenvalue weighted by atomic mass is 19.4. The summed E-state index contributed by atoms with van der Waals surface area (Å²) in [6.07, 6.45) is -1.24. The van der Waals surface area contributed by atoms with Gasteiger partial charge in [-0.3, -0.25) is 10.1 Å². The van der Waals surface area contributed by atoms with Crippen molar-refractivity contribution in [1.82, 2.24) is 10.3 Å². The van der Waals surface area contributed by atoms with Crippen molar-refractivity contribution in [1.29, 1.82) is 0 Å². The van der Waals surface area contributed by atoms with Gasteiger partial charge in [-0.1, -0.05) is 6.42 Å². The summed E-state index contributed by atoms with van der Waals surface area (Å²) in [5, 5.41) is 14.0. The summed E-state index contributed by atoms with van der Waals surface area (Å²) in [6, 6.07) is 0.557. The van der Waals surface area contributed by atoms with E-state index in [-0.39, 0.29) is 12.6 Å². The van der Waals surface area contributed by atoms with Gasteiger partial charge in [0.2, 0.25) is 5.75 Å². The third-order valence-corrected chi connectivity index (χ3v) is 3.19. The van der Waals surface area contributed by atoms with Crippen LogP contribution in [-0.4, -0.2) is 29.1 Å². The lowest BCUT2D eigenvalue weighted by atomic mass is 10.1. The van der Waals surface area contributed by atoms with Crippen molar-refractivity contribution in [3.05, 3.63) is 28.1 Å². The van der Waals surface area contributed by atoms with E-state index in [1.807, 2.05) is 0 Å². The molecule has 0 spiro atoms. The van der Waals surface area contributed by atoms with E-state index in [9.17, 15) is 23.3 Å². The number of hydrogen-bond donors (Lipinski definition) is 1. The Labute approximate surface area is 118 Å². The van der Waals surface area contributed by atoms with Crippen molar-refractivity contribution in [2.24, 2.45) is 0 Å². The van der Waals surface area contributed by atoms with Crippen LogP contribution in [0.1, 0.15) is 25.0 Å². The van der Waals surface area contributed by atoms with Crippen LogP contribution in [0.2, 0.25) is 0 Å². The second kappa shape index (κ2) is 6.25. The highest BCUT2D eigenvalue weighted by molar-refractivity contribution is 5.45. The first-order valence-corrected chi connectivity index (χ1v) is 6.46. The van der Waals surface area contributed by atoms with Crippen LogP contribution in [0.5, 0.6) is 5.75 Å². The highest BCUT2D eigenvalue weighted by Crippen LogP contribution is 2.34. The molecular formula is C12H14F3N3O3. The number of nitrogens with zero attached hydrogens (tertiary/aromatic N) is 2. The molecule has 9 heteroatoms. The molecule has 0 radical (unpaired) electrons. The van der Waals surface area contributed by atoms with Gasteiger partial charge in [0.05, 0.1) is 4.92 Å². The molecule has 1 atom stereocenters. The maximum absolute atomic E-state index is 12.6. The Morgan fingerprint density at radius 1 is 1.48 bits per heavy atom. The van der Waals surface area contributed by atoms with Crippen LogP contribution in [0.15, 0.2) is 12.3 Å². The summed E-state index contributed by atoms with van der Waals surface area (Å²) in [5.74, 6) is -0.408. The summed E-state index contributed by atoms with van der Waals surface area (Å²) >= 11 is 0. The predicted molar refractivity (Wildman–Crippen MR) is 67.0 cm³/mol. The minimum absolute atomic E-state index is 0.0131. The van der Waals surface area contributed by atoms with Gasteiger partial charge < -0.3 is 10.1 Å². The van der Waals surface area contributed by atoms with Crippen molar-refractivity contribution in [2.75, 3.05) is 13.2 Å². The Morgan fingerprint density at radius 3 is 2.81 bits per heavy atom. The summed E-state index contributed by atoms with van der Waals surface area (Å²) in [6.45, 7) is 0.891. The zero-order valence-corrected chi connectivity index (χ0v) is 11.0. The van der Waals surface area contributed by atoms with Gasteiger partial charge in [0.1, 0.15) is 18.5 Å². The normalized spacial score (nSPS) is 19.3. The molecule has 6 nitrogen and oxygen atoms in total. The van der Waals surface area contributed by atoms with Gasteiger partial charge in [-0.15, -0.1) is 0 Å². The van der Waals surface area contributed by atoms with Gasteiger partial charge >= 0.3 is 11.9 Å². The number of pyridine rings is 1. The number of halogens is 3. The Balaban J connectivity index is 2.16.